The summed E-state index contributed by atoms with van der Waals surface area (Å²) in [6.45, 7) is 2.83. The van der Waals surface area contributed by atoms with Crippen LogP contribution in [0, 0.1) is 0 Å². The second kappa shape index (κ2) is 7.04. The van der Waals surface area contributed by atoms with Crippen LogP contribution in [0.5, 0.6) is 0 Å². The van der Waals surface area contributed by atoms with Gasteiger partial charge in [-0.05, 0) is 11.6 Å². The van der Waals surface area contributed by atoms with Crippen molar-refractivity contribution in [2.75, 3.05) is 26.8 Å². The molecule has 0 aromatic carbocycles. The molecule has 5 nitrogen and oxygen atoms in total. The van der Waals surface area contributed by atoms with Gasteiger partial charge in [0.05, 0.1) is 6.61 Å². The van der Waals surface area contributed by atoms with Crippen molar-refractivity contribution in [1.82, 2.24) is 9.29 Å². The predicted molar refractivity (Wildman–Crippen MR) is 70.1 cm³/mol. The lowest BCUT2D eigenvalue weighted by Gasteiger charge is -2.19. The number of nitrogens with zero attached hydrogens (tertiary/aromatic N) is 2. The Labute approximate surface area is 113 Å². The zero-order chi connectivity index (χ0) is 13.6. The van der Waals surface area contributed by atoms with E-state index < -0.39 is 10.0 Å². The van der Waals surface area contributed by atoms with Crippen molar-refractivity contribution in [3.8, 4) is 0 Å². The molecule has 1 aromatic rings. The molecule has 0 spiro atoms. The van der Waals surface area contributed by atoms with Crippen LogP contribution >= 0.6 is 11.6 Å². The minimum Gasteiger partial charge on any atom is -0.383 e. The minimum absolute atomic E-state index is 0.0364. The van der Waals surface area contributed by atoms with Crippen molar-refractivity contribution in [3.63, 3.8) is 0 Å². The second-order valence-corrected chi connectivity index (χ2v) is 5.78. The van der Waals surface area contributed by atoms with E-state index in [0.717, 1.165) is 5.56 Å². The summed E-state index contributed by atoms with van der Waals surface area (Å²) in [4.78, 5) is 3.94. The molecule has 0 atom stereocenters. The number of methoxy groups -OCH3 is 1. The van der Waals surface area contributed by atoms with Gasteiger partial charge in [0.1, 0.15) is 0 Å². The van der Waals surface area contributed by atoms with Crippen LogP contribution in [0.1, 0.15) is 12.5 Å². The van der Waals surface area contributed by atoms with E-state index in [1.54, 1.807) is 13.0 Å². The van der Waals surface area contributed by atoms with Crippen molar-refractivity contribution in [1.29, 1.82) is 0 Å². The number of hydrogen-bond acceptors (Lipinski definition) is 4. The van der Waals surface area contributed by atoms with E-state index in [2.05, 4.69) is 4.98 Å². The van der Waals surface area contributed by atoms with Crippen LogP contribution in [0.3, 0.4) is 0 Å². The molecule has 0 saturated heterocycles. The van der Waals surface area contributed by atoms with Gasteiger partial charge >= 0.3 is 0 Å². The van der Waals surface area contributed by atoms with Crippen LogP contribution in [0.4, 0.5) is 0 Å². The molecule has 18 heavy (non-hydrogen) atoms. The number of aromatic nitrogens is 1. The predicted octanol–water partition coefficient (Wildman–Crippen LogP) is 1.48. The third-order valence-electron chi connectivity index (χ3n) is 2.45. The van der Waals surface area contributed by atoms with Gasteiger partial charge in [-0.2, -0.15) is 4.31 Å². The van der Waals surface area contributed by atoms with E-state index in [0.29, 0.717) is 25.6 Å². The van der Waals surface area contributed by atoms with Gasteiger partial charge in [-0.25, -0.2) is 13.4 Å². The molecule has 1 heterocycles. The summed E-state index contributed by atoms with van der Waals surface area (Å²) in [6, 6.07) is 3.14. The Bertz CT molecular complexity index is 462. The fourth-order valence-electron chi connectivity index (χ4n) is 1.42. The normalized spacial score (nSPS) is 12.0. The van der Waals surface area contributed by atoms with Gasteiger partial charge in [0.15, 0.2) is 5.03 Å². The Kier molecular flexibility index (Phi) is 6.01. The lowest BCUT2D eigenvalue weighted by atomic mass is 10.3. The molecular weight excluding hydrogens is 276 g/mol. The summed E-state index contributed by atoms with van der Waals surface area (Å²) in [5, 5.41) is 0.0364. The fraction of sp³-hybridized carbons (Fsp3) is 0.545. The van der Waals surface area contributed by atoms with Gasteiger partial charge in [-0.1, -0.05) is 13.0 Å². The lowest BCUT2D eigenvalue weighted by molar-refractivity contribution is 0.180. The number of likely N-dealkylation sites (N-methyl/N-ethyl adjacent to an activating group) is 1. The molecule has 1 rings (SSSR count). The van der Waals surface area contributed by atoms with E-state index in [9.17, 15) is 8.42 Å². The quantitative estimate of drug-likeness (QED) is 0.714. The summed E-state index contributed by atoms with van der Waals surface area (Å²) in [5.41, 5.74) is 0.788. The number of pyridine rings is 1. The Morgan fingerprint density at radius 2 is 2.17 bits per heavy atom. The summed E-state index contributed by atoms with van der Waals surface area (Å²) >= 11 is 5.64. The van der Waals surface area contributed by atoms with Crippen LogP contribution in [-0.2, 0) is 20.6 Å². The number of alkyl halides is 1. The first-order chi connectivity index (χ1) is 8.56. The highest BCUT2D eigenvalue weighted by Crippen LogP contribution is 2.14. The molecule has 0 bridgehead atoms. The van der Waals surface area contributed by atoms with E-state index in [-0.39, 0.29) is 5.03 Å². The van der Waals surface area contributed by atoms with Crippen molar-refractivity contribution in [3.05, 3.63) is 23.9 Å². The van der Waals surface area contributed by atoms with E-state index in [4.69, 9.17) is 16.3 Å². The molecule has 1 aromatic heterocycles. The Morgan fingerprint density at radius 3 is 2.61 bits per heavy atom. The number of rotatable bonds is 7. The smallest absolute Gasteiger partial charge is 0.260 e. The SMILES string of the molecule is CCN(CCOC)S(=O)(=O)c1ccc(CCl)cn1. The molecule has 0 amide bonds. The van der Waals surface area contributed by atoms with E-state index in [1.165, 1.54) is 23.7 Å². The minimum atomic E-state index is -3.55. The molecule has 0 radical (unpaired) electrons. The lowest BCUT2D eigenvalue weighted by Crippen LogP contribution is -2.34. The van der Waals surface area contributed by atoms with E-state index in [1.807, 2.05) is 0 Å². The first-order valence-electron chi connectivity index (χ1n) is 5.56. The zero-order valence-corrected chi connectivity index (χ0v) is 12.0. The van der Waals surface area contributed by atoms with Crippen LogP contribution in [-0.4, -0.2) is 44.5 Å². The molecule has 0 aliphatic carbocycles. The molecule has 0 aliphatic heterocycles. The Hall–Kier alpha value is -0.690. The first-order valence-corrected chi connectivity index (χ1v) is 7.53. The topological polar surface area (TPSA) is 59.5 Å². The summed E-state index contributed by atoms with van der Waals surface area (Å²) in [6.07, 6.45) is 1.48. The first kappa shape index (κ1) is 15.4. The molecule has 0 fully saturated rings. The van der Waals surface area contributed by atoms with Crippen molar-refractivity contribution in [2.45, 2.75) is 17.8 Å². The van der Waals surface area contributed by atoms with Crippen molar-refractivity contribution in [2.24, 2.45) is 0 Å². The maximum atomic E-state index is 12.2. The second-order valence-electron chi connectivity index (χ2n) is 3.63. The summed E-state index contributed by atoms with van der Waals surface area (Å²) in [7, 11) is -2.01. The maximum absolute atomic E-state index is 12.2. The molecule has 102 valence electrons. The molecule has 0 unspecified atom stereocenters. The summed E-state index contributed by atoms with van der Waals surface area (Å²) in [5.74, 6) is 0.314. The Balaban J connectivity index is 2.95. The number of halogens is 1. The van der Waals surface area contributed by atoms with Crippen molar-refractivity contribution < 1.29 is 13.2 Å². The maximum Gasteiger partial charge on any atom is 0.260 e. The highest BCUT2D eigenvalue weighted by molar-refractivity contribution is 7.89. The molecule has 0 aliphatic rings. The van der Waals surface area contributed by atoms with Crippen molar-refractivity contribution >= 4 is 21.6 Å². The van der Waals surface area contributed by atoms with Gasteiger partial charge < -0.3 is 4.74 Å². The van der Waals surface area contributed by atoms with Gasteiger partial charge in [0, 0.05) is 32.3 Å². The number of ether oxygens (including phenoxy) is 1. The third-order valence-corrected chi connectivity index (χ3v) is 4.65. The standard InChI is InChI=1S/C11H17ClN2O3S/c1-3-14(6-7-17-2)18(15,16)11-5-4-10(8-12)9-13-11/h4-5,9H,3,6-8H2,1-2H3. The average molecular weight is 293 g/mol. The van der Waals surface area contributed by atoms with Crippen LogP contribution in [0.25, 0.3) is 0 Å². The summed E-state index contributed by atoms with van der Waals surface area (Å²) < 4.78 is 30.7. The molecule has 7 heteroatoms. The molecular formula is C11H17ClN2O3S. The fourth-order valence-corrected chi connectivity index (χ4v) is 2.92. The zero-order valence-electron chi connectivity index (χ0n) is 10.5. The number of hydrogen-bond donors (Lipinski definition) is 0. The van der Waals surface area contributed by atoms with Gasteiger partial charge in [0.2, 0.25) is 0 Å². The third kappa shape index (κ3) is 3.65. The van der Waals surface area contributed by atoms with Crippen LogP contribution in [0.2, 0.25) is 0 Å². The monoisotopic (exact) mass is 292 g/mol. The average Bonchev–Trinajstić information content (AvgIpc) is 2.39. The molecule has 0 N–H and O–H groups in total. The van der Waals surface area contributed by atoms with E-state index >= 15 is 0 Å². The largest absolute Gasteiger partial charge is 0.383 e. The van der Waals surface area contributed by atoms with Gasteiger partial charge in [-0.3, -0.25) is 0 Å². The number of sulfonamides is 1. The van der Waals surface area contributed by atoms with Crippen LogP contribution < -0.4 is 0 Å². The van der Waals surface area contributed by atoms with Gasteiger partial charge in [-0.15, -0.1) is 11.6 Å². The van der Waals surface area contributed by atoms with Gasteiger partial charge in [0.25, 0.3) is 10.0 Å². The Morgan fingerprint density at radius 1 is 1.44 bits per heavy atom. The van der Waals surface area contributed by atoms with Crippen LogP contribution in [0.15, 0.2) is 23.4 Å². The molecule has 0 saturated carbocycles. The highest BCUT2D eigenvalue weighted by atomic mass is 35.5. The highest BCUT2D eigenvalue weighted by Gasteiger charge is 2.23.